The van der Waals surface area contributed by atoms with Gasteiger partial charge in [-0.1, -0.05) is 86.7 Å². The highest BCUT2D eigenvalue weighted by molar-refractivity contribution is 7.47. The molecule has 0 aliphatic heterocycles. The summed E-state index contributed by atoms with van der Waals surface area (Å²) in [6, 6.07) is 15.2. The van der Waals surface area contributed by atoms with Crippen LogP contribution in [0.5, 0.6) is 0 Å². The fourth-order valence-corrected chi connectivity index (χ4v) is 4.76. The van der Waals surface area contributed by atoms with Gasteiger partial charge in [-0.25, -0.2) is 14.2 Å². The molecule has 43 heavy (non-hydrogen) atoms. The van der Waals surface area contributed by atoms with Crippen molar-refractivity contribution in [3.63, 3.8) is 0 Å². The molecule has 0 aromatic heterocycles. The number of ether oxygens (including phenoxy) is 2. The number of carbonyl (C=O) groups excluding carboxylic acids is 2. The molecule has 2 aromatic rings. The maximum atomic E-state index is 12.0. The van der Waals surface area contributed by atoms with Crippen LogP contribution in [0.1, 0.15) is 73.6 Å². The first-order chi connectivity index (χ1) is 20.8. The Hall–Kier alpha value is -3.55. The number of esters is 2. The van der Waals surface area contributed by atoms with Crippen molar-refractivity contribution >= 4 is 44.1 Å². The predicted octanol–water partition coefficient (Wildman–Crippen LogP) is 8.04. The molecule has 0 spiro atoms. The van der Waals surface area contributed by atoms with Crippen LogP contribution in [0.2, 0.25) is 0 Å². The molecular weight excluding hydrogens is 567 g/mol. The van der Waals surface area contributed by atoms with Gasteiger partial charge in [0.05, 0.1) is 26.4 Å². The Balaban J connectivity index is 1.42. The molecule has 0 aliphatic rings. The number of hydrogen-bond acceptors (Lipinski definition) is 7. The third-order valence-electron chi connectivity index (χ3n) is 6.30. The summed E-state index contributed by atoms with van der Waals surface area (Å²) in [5.74, 6) is -0.808. The first kappa shape index (κ1) is 35.6. The van der Waals surface area contributed by atoms with Gasteiger partial charge >= 0.3 is 19.8 Å². The number of carbonyl (C=O) groups is 2. The molecule has 9 heteroatoms. The van der Waals surface area contributed by atoms with E-state index in [1.54, 1.807) is 24.3 Å². The maximum Gasteiger partial charge on any atom is 0.472 e. The maximum absolute atomic E-state index is 12.0. The zero-order valence-corrected chi connectivity index (χ0v) is 25.6. The van der Waals surface area contributed by atoms with Crippen LogP contribution in [0.25, 0.3) is 24.3 Å². The normalized spacial score (nSPS) is 12.7. The van der Waals surface area contributed by atoms with Crippen LogP contribution in [0.3, 0.4) is 0 Å². The average Bonchev–Trinajstić information content (AvgIpc) is 3.01. The van der Waals surface area contributed by atoms with Gasteiger partial charge in [0.15, 0.2) is 0 Å². The predicted molar refractivity (Wildman–Crippen MR) is 172 cm³/mol. The van der Waals surface area contributed by atoms with Crippen molar-refractivity contribution in [3.8, 4) is 0 Å². The highest BCUT2D eigenvalue weighted by Gasteiger charge is 2.20. The minimum atomic E-state index is -4.09. The number of benzene rings is 2. The summed E-state index contributed by atoms with van der Waals surface area (Å²) in [4.78, 5) is 33.6. The molecule has 0 fully saturated rings. The molecule has 0 bridgehead atoms. The first-order valence-corrected chi connectivity index (χ1v) is 16.1. The number of phosphoric ester groups is 1. The second-order valence-corrected chi connectivity index (χ2v) is 11.1. The van der Waals surface area contributed by atoms with Gasteiger partial charge in [-0.05, 0) is 72.9 Å². The van der Waals surface area contributed by atoms with Gasteiger partial charge in [0.1, 0.15) is 0 Å². The molecule has 0 unspecified atom stereocenters. The van der Waals surface area contributed by atoms with Crippen molar-refractivity contribution in [2.75, 3.05) is 26.4 Å². The SMILES string of the molecule is C=Cc1ccccc1C=CC(=O)OCCCCCCOP(=O)(O)OCCCCCCOC(=O)C=Cc1ccccc1C=C. The standard InChI is InChI=1S/C34H43O8P/c1-3-29-17-9-11-19-31(29)21-23-33(35)39-25-13-5-7-15-27-41-43(37,38)42-28-16-8-6-14-26-40-34(36)24-22-32-20-12-10-18-30(32)4-2/h3-4,9-12,17-24H,1-2,5-8,13-16,25-28H2,(H,37,38). The fourth-order valence-electron chi connectivity index (χ4n) is 3.97. The molecule has 0 amide bonds. The molecule has 0 saturated heterocycles. The van der Waals surface area contributed by atoms with Gasteiger partial charge in [-0.2, -0.15) is 0 Å². The third kappa shape index (κ3) is 16.0. The first-order valence-electron chi connectivity index (χ1n) is 14.6. The lowest BCUT2D eigenvalue weighted by molar-refractivity contribution is -0.138. The van der Waals surface area contributed by atoms with Crippen molar-refractivity contribution in [2.24, 2.45) is 0 Å². The summed E-state index contributed by atoms with van der Waals surface area (Å²) in [5, 5.41) is 0. The Bertz CT molecular complexity index is 1170. The van der Waals surface area contributed by atoms with Crippen LogP contribution in [0.15, 0.2) is 73.8 Å². The van der Waals surface area contributed by atoms with Crippen molar-refractivity contribution in [1.82, 2.24) is 0 Å². The minimum absolute atomic E-state index is 0.109. The van der Waals surface area contributed by atoms with E-state index in [0.717, 1.165) is 47.9 Å². The largest absolute Gasteiger partial charge is 0.472 e. The molecule has 0 radical (unpaired) electrons. The second-order valence-electron chi connectivity index (χ2n) is 9.63. The monoisotopic (exact) mass is 610 g/mol. The van der Waals surface area contributed by atoms with Gasteiger partial charge in [0.2, 0.25) is 0 Å². The van der Waals surface area contributed by atoms with E-state index in [4.69, 9.17) is 18.5 Å². The van der Waals surface area contributed by atoms with Gasteiger partial charge in [-0.15, -0.1) is 0 Å². The van der Waals surface area contributed by atoms with Crippen molar-refractivity contribution < 1.29 is 37.6 Å². The zero-order chi connectivity index (χ0) is 31.2. The molecule has 0 heterocycles. The Labute approximate surface area is 255 Å². The number of rotatable bonds is 22. The van der Waals surface area contributed by atoms with E-state index in [0.29, 0.717) is 38.9 Å². The Morgan fingerprint density at radius 3 is 1.33 bits per heavy atom. The average molecular weight is 611 g/mol. The van der Waals surface area contributed by atoms with Gasteiger partial charge in [0.25, 0.3) is 0 Å². The summed E-state index contributed by atoms with van der Waals surface area (Å²) in [7, 11) is -4.09. The van der Waals surface area contributed by atoms with Crippen molar-refractivity contribution in [2.45, 2.75) is 51.4 Å². The second kappa shape index (κ2) is 21.2. The molecule has 8 nitrogen and oxygen atoms in total. The smallest absolute Gasteiger partial charge is 0.463 e. The Morgan fingerprint density at radius 1 is 0.605 bits per heavy atom. The zero-order valence-electron chi connectivity index (χ0n) is 24.7. The number of hydrogen-bond donors (Lipinski definition) is 1. The lowest BCUT2D eigenvalue weighted by atomic mass is 10.1. The summed E-state index contributed by atoms with van der Waals surface area (Å²) in [6.45, 7) is 8.35. The number of unbranched alkanes of at least 4 members (excludes halogenated alkanes) is 6. The van der Waals surface area contributed by atoms with Crippen LogP contribution >= 0.6 is 7.82 Å². The molecule has 0 atom stereocenters. The summed E-state index contributed by atoms with van der Waals surface area (Å²) in [5.41, 5.74) is 3.67. The van der Waals surface area contributed by atoms with E-state index in [1.807, 2.05) is 48.5 Å². The van der Waals surface area contributed by atoms with Crippen LogP contribution in [-0.4, -0.2) is 43.3 Å². The lowest BCUT2D eigenvalue weighted by Crippen LogP contribution is -2.03. The van der Waals surface area contributed by atoms with Crippen LogP contribution in [0.4, 0.5) is 0 Å². The highest BCUT2D eigenvalue weighted by atomic mass is 31.2. The molecular formula is C34H43O8P. The Morgan fingerprint density at radius 2 is 0.953 bits per heavy atom. The molecule has 1 N–H and O–H groups in total. The molecule has 0 aliphatic carbocycles. The van der Waals surface area contributed by atoms with Gasteiger partial charge in [-0.3, -0.25) is 9.05 Å². The molecule has 2 rings (SSSR count). The van der Waals surface area contributed by atoms with E-state index in [9.17, 15) is 19.0 Å². The van der Waals surface area contributed by atoms with Gasteiger partial charge in [0, 0.05) is 12.2 Å². The summed E-state index contributed by atoms with van der Waals surface area (Å²) < 4.78 is 32.5. The molecule has 2 aromatic carbocycles. The van der Waals surface area contributed by atoms with E-state index >= 15 is 0 Å². The lowest BCUT2D eigenvalue weighted by Gasteiger charge is -2.12. The van der Waals surface area contributed by atoms with E-state index < -0.39 is 19.8 Å². The van der Waals surface area contributed by atoms with E-state index in [2.05, 4.69) is 13.2 Å². The van der Waals surface area contributed by atoms with E-state index in [-0.39, 0.29) is 13.2 Å². The highest BCUT2D eigenvalue weighted by Crippen LogP contribution is 2.43. The topological polar surface area (TPSA) is 108 Å². The quantitative estimate of drug-likeness (QED) is 0.0618. The van der Waals surface area contributed by atoms with Crippen LogP contribution in [-0.2, 0) is 32.7 Å². The van der Waals surface area contributed by atoms with Crippen molar-refractivity contribution in [1.29, 1.82) is 0 Å². The minimum Gasteiger partial charge on any atom is -0.463 e. The van der Waals surface area contributed by atoms with Crippen molar-refractivity contribution in [3.05, 3.63) is 96.1 Å². The third-order valence-corrected chi connectivity index (χ3v) is 7.32. The molecule has 0 saturated carbocycles. The number of phosphoric acid groups is 1. The fraction of sp³-hybridized carbons (Fsp3) is 0.353. The van der Waals surface area contributed by atoms with Crippen LogP contribution in [0, 0.1) is 0 Å². The van der Waals surface area contributed by atoms with Crippen LogP contribution < -0.4 is 0 Å². The van der Waals surface area contributed by atoms with Gasteiger partial charge < -0.3 is 14.4 Å². The summed E-state index contributed by atoms with van der Waals surface area (Å²) >= 11 is 0. The van der Waals surface area contributed by atoms with E-state index in [1.165, 1.54) is 12.2 Å². The Kier molecular flexibility index (Phi) is 17.6. The summed E-state index contributed by atoms with van der Waals surface area (Å²) in [6.07, 6.45) is 15.4. The molecule has 232 valence electrons.